The van der Waals surface area contributed by atoms with Crippen molar-refractivity contribution in [2.45, 2.75) is 12.8 Å². The van der Waals surface area contributed by atoms with E-state index in [0.717, 1.165) is 18.6 Å². The second-order valence-corrected chi connectivity index (χ2v) is 6.00. The average molecular weight is 386 g/mol. The first-order valence-electron chi connectivity index (χ1n) is 7.60. The van der Waals surface area contributed by atoms with E-state index in [1.165, 1.54) is 24.3 Å². The molecule has 0 amide bonds. The topological polar surface area (TPSA) is 145 Å². The van der Waals surface area contributed by atoms with Crippen LogP contribution < -0.4 is 16.9 Å². The summed E-state index contributed by atoms with van der Waals surface area (Å²) in [4.78, 5) is 3.75. The van der Waals surface area contributed by atoms with E-state index in [1.807, 2.05) is 12.3 Å². The normalized spacial score (nSPS) is 11.9. The molecule has 0 saturated heterocycles. The lowest BCUT2D eigenvalue weighted by molar-refractivity contribution is 0.206. The van der Waals surface area contributed by atoms with Crippen LogP contribution in [0, 0.1) is 5.82 Å². The van der Waals surface area contributed by atoms with Crippen molar-refractivity contribution >= 4 is 23.4 Å². The van der Waals surface area contributed by atoms with Crippen molar-refractivity contribution in [1.29, 1.82) is 0 Å². The summed E-state index contributed by atoms with van der Waals surface area (Å²) >= 11 is 1.69. The third-order valence-corrected chi connectivity index (χ3v) is 3.88. The Labute approximate surface area is 154 Å². The number of amidine groups is 1. The van der Waals surface area contributed by atoms with E-state index in [-0.39, 0.29) is 17.3 Å². The second kappa shape index (κ2) is 12.1. The molecule has 1 aromatic carbocycles. The predicted molar refractivity (Wildman–Crippen MR) is 98.7 cm³/mol. The molecule has 0 bridgehead atoms. The molecule has 2 aromatic rings. The number of anilines is 1. The number of halogens is 1. The summed E-state index contributed by atoms with van der Waals surface area (Å²) in [6.07, 6.45) is 4.19. The number of hydrogen-bond donors (Lipinski definition) is 4. The molecular formula is C15H23FN6O3S. The van der Waals surface area contributed by atoms with Crippen molar-refractivity contribution in [2.75, 3.05) is 31.0 Å². The minimum Gasteiger partial charge on any atom is -0.409 e. The van der Waals surface area contributed by atoms with Gasteiger partial charge in [-0.3, -0.25) is 0 Å². The van der Waals surface area contributed by atoms with Gasteiger partial charge in [0.05, 0.1) is 7.11 Å². The van der Waals surface area contributed by atoms with Crippen LogP contribution in [0.3, 0.4) is 0 Å². The van der Waals surface area contributed by atoms with Gasteiger partial charge in [0.1, 0.15) is 5.82 Å². The van der Waals surface area contributed by atoms with Crippen LogP contribution in [0.4, 0.5) is 10.2 Å². The molecule has 1 aliphatic rings. The standard InChI is InChI=1S/C8H7F.C6H11N5O2S.CH5NO/c9-8-4-3-6-1-2-7(6)5-8;1-14-3-2-8-6-4(5(7)9-12)10-13-11-6;1-3-2/h3-5H,1-2H2;12H,2-3H2,1H3,(H2,7,9)(H,8,11);2H2,1H3. The summed E-state index contributed by atoms with van der Waals surface area (Å²) in [5.41, 5.74) is 8.06. The number of nitrogens with one attached hydrogen (secondary N) is 1. The average Bonchev–Trinajstić information content (AvgIpc) is 3.07. The van der Waals surface area contributed by atoms with E-state index in [9.17, 15) is 4.39 Å². The van der Waals surface area contributed by atoms with Crippen molar-refractivity contribution in [3.8, 4) is 0 Å². The van der Waals surface area contributed by atoms with Crippen molar-refractivity contribution in [2.24, 2.45) is 16.8 Å². The van der Waals surface area contributed by atoms with Gasteiger partial charge in [0.2, 0.25) is 5.82 Å². The highest BCUT2D eigenvalue weighted by molar-refractivity contribution is 7.98. The molecule has 0 spiro atoms. The lowest BCUT2D eigenvalue weighted by Crippen LogP contribution is -2.17. The molecule has 0 fully saturated rings. The predicted octanol–water partition coefficient (Wildman–Crippen LogP) is 1.37. The largest absolute Gasteiger partial charge is 0.409 e. The number of fused-ring (bicyclic) bond motifs is 1. The summed E-state index contributed by atoms with van der Waals surface area (Å²) in [6, 6.07) is 5.02. The Hall–Kier alpha value is -2.37. The van der Waals surface area contributed by atoms with Gasteiger partial charge in [-0.05, 0) is 52.7 Å². The van der Waals surface area contributed by atoms with Gasteiger partial charge in [-0.25, -0.2) is 14.9 Å². The van der Waals surface area contributed by atoms with Gasteiger partial charge in [-0.1, -0.05) is 11.2 Å². The smallest absolute Gasteiger partial charge is 0.202 e. The maximum Gasteiger partial charge on any atom is 0.202 e. The van der Waals surface area contributed by atoms with Crippen LogP contribution in [0.2, 0.25) is 0 Å². The zero-order valence-corrected chi connectivity index (χ0v) is 15.4. The first-order valence-corrected chi connectivity index (χ1v) is 9.00. The molecule has 1 heterocycles. The molecule has 26 heavy (non-hydrogen) atoms. The van der Waals surface area contributed by atoms with Crippen LogP contribution in [0.5, 0.6) is 0 Å². The number of aryl methyl sites for hydroxylation is 2. The van der Waals surface area contributed by atoms with Crippen LogP contribution in [0.15, 0.2) is 28.0 Å². The van der Waals surface area contributed by atoms with Crippen LogP contribution >= 0.6 is 11.8 Å². The van der Waals surface area contributed by atoms with E-state index in [2.05, 4.69) is 36.1 Å². The molecule has 144 valence electrons. The zero-order chi connectivity index (χ0) is 19.4. The maximum absolute atomic E-state index is 12.4. The van der Waals surface area contributed by atoms with E-state index in [0.29, 0.717) is 12.4 Å². The van der Waals surface area contributed by atoms with E-state index in [4.69, 9.17) is 10.9 Å². The number of nitrogens with two attached hydrogens (primary N) is 2. The fourth-order valence-electron chi connectivity index (χ4n) is 1.96. The highest BCUT2D eigenvalue weighted by Gasteiger charge is 2.13. The van der Waals surface area contributed by atoms with E-state index < -0.39 is 0 Å². The van der Waals surface area contributed by atoms with Crippen LogP contribution in [-0.2, 0) is 17.7 Å². The fraction of sp³-hybridized carbons (Fsp3) is 0.400. The summed E-state index contributed by atoms with van der Waals surface area (Å²) in [6.45, 7) is 0.709. The second-order valence-electron chi connectivity index (χ2n) is 5.01. The summed E-state index contributed by atoms with van der Waals surface area (Å²) in [5.74, 6) is 5.42. The van der Waals surface area contributed by atoms with Gasteiger partial charge in [-0.2, -0.15) is 11.8 Å². The highest BCUT2D eigenvalue weighted by Crippen LogP contribution is 2.22. The number of benzene rings is 1. The Bertz CT molecular complexity index is 698. The Balaban J connectivity index is 0.000000239. The molecule has 0 atom stereocenters. The number of nitrogens with zero attached hydrogens (tertiary/aromatic N) is 3. The Kier molecular flexibility index (Phi) is 10.1. The Morgan fingerprint density at radius 2 is 2.12 bits per heavy atom. The summed E-state index contributed by atoms with van der Waals surface area (Å²) < 4.78 is 16.8. The maximum atomic E-state index is 12.4. The molecule has 3 rings (SSSR count). The lowest BCUT2D eigenvalue weighted by atomic mass is 9.89. The molecule has 6 N–H and O–H groups in total. The van der Waals surface area contributed by atoms with E-state index in [1.54, 1.807) is 17.8 Å². The minimum atomic E-state index is -0.127. The number of aromatic nitrogens is 2. The quantitative estimate of drug-likeness (QED) is 0.197. The van der Waals surface area contributed by atoms with Crippen molar-refractivity contribution in [3.63, 3.8) is 0 Å². The summed E-state index contributed by atoms with van der Waals surface area (Å²) in [7, 11) is 1.40. The van der Waals surface area contributed by atoms with Crippen LogP contribution in [0.1, 0.15) is 16.8 Å². The Morgan fingerprint density at radius 3 is 2.62 bits per heavy atom. The molecule has 1 aliphatic carbocycles. The molecule has 0 unspecified atom stereocenters. The zero-order valence-electron chi connectivity index (χ0n) is 14.6. The third-order valence-electron chi connectivity index (χ3n) is 3.27. The van der Waals surface area contributed by atoms with Crippen LogP contribution in [0.25, 0.3) is 0 Å². The van der Waals surface area contributed by atoms with E-state index >= 15 is 0 Å². The molecule has 1 aromatic heterocycles. The number of oxime groups is 1. The monoisotopic (exact) mass is 386 g/mol. The van der Waals surface area contributed by atoms with Gasteiger partial charge in [0.15, 0.2) is 11.5 Å². The molecule has 9 nitrogen and oxygen atoms in total. The van der Waals surface area contributed by atoms with Gasteiger partial charge < -0.3 is 21.1 Å². The molecule has 0 saturated carbocycles. The van der Waals surface area contributed by atoms with Gasteiger partial charge in [0.25, 0.3) is 0 Å². The third kappa shape index (κ3) is 6.86. The number of hydrogen-bond acceptors (Lipinski definition) is 9. The molecule has 0 aliphatic heterocycles. The molecule has 0 radical (unpaired) electrons. The number of rotatable bonds is 5. The summed E-state index contributed by atoms with van der Waals surface area (Å²) in [5, 5.41) is 21.3. The molecular weight excluding hydrogens is 363 g/mol. The lowest BCUT2D eigenvalue weighted by Gasteiger charge is -2.17. The van der Waals surface area contributed by atoms with Crippen molar-refractivity contribution in [3.05, 3.63) is 40.8 Å². The van der Waals surface area contributed by atoms with Gasteiger partial charge in [0, 0.05) is 12.3 Å². The van der Waals surface area contributed by atoms with Gasteiger partial charge in [-0.15, -0.1) is 0 Å². The first kappa shape index (κ1) is 21.7. The minimum absolute atomic E-state index is 0.103. The van der Waals surface area contributed by atoms with Gasteiger partial charge >= 0.3 is 0 Å². The van der Waals surface area contributed by atoms with Crippen molar-refractivity contribution < 1.29 is 19.1 Å². The highest BCUT2D eigenvalue weighted by atomic mass is 32.2. The SMILES string of the molecule is CON.CSCCNc1nonc1/C(N)=N/O.Fc1ccc2c(c1)CC2. The Morgan fingerprint density at radius 1 is 1.42 bits per heavy atom. The number of thioether (sulfide) groups is 1. The molecule has 11 heteroatoms. The fourth-order valence-corrected chi connectivity index (χ4v) is 2.26. The first-order chi connectivity index (χ1) is 12.6. The van der Waals surface area contributed by atoms with Crippen molar-refractivity contribution in [1.82, 2.24) is 10.3 Å². The van der Waals surface area contributed by atoms with Crippen LogP contribution in [-0.4, -0.2) is 47.0 Å².